The fraction of sp³-hybridized carbons (Fsp3) is 0.300. The molecule has 1 unspecified atom stereocenters. The summed E-state index contributed by atoms with van der Waals surface area (Å²) in [4.78, 5) is 8.96. The Bertz CT molecular complexity index is 966. The molecule has 4 rings (SSSR count). The first kappa shape index (κ1) is 17.5. The van der Waals surface area contributed by atoms with Gasteiger partial charge in [0.05, 0.1) is 31.0 Å². The van der Waals surface area contributed by atoms with E-state index in [0.717, 1.165) is 27.2 Å². The highest BCUT2D eigenvalue weighted by atomic mass is 19.1. The number of ether oxygens (including phenoxy) is 2. The average molecular weight is 369 g/mol. The summed E-state index contributed by atoms with van der Waals surface area (Å²) in [5.41, 5.74) is 2.39. The molecule has 7 heteroatoms. The van der Waals surface area contributed by atoms with Gasteiger partial charge in [-0.05, 0) is 30.3 Å². The summed E-state index contributed by atoms with van der Waals surface area (Å²) in [6.45, 7) is 2.55. The van der Waals surface area contributed by atoms with E-state index < -0.39 is 6.67 Å². The zero-order valence-corrected chi connectivity index (χ0v) is 14.9. The number of nitrogens with zero attached hydrogens (tertiary/aromatic N) is 3. The van der Waals surface area contributed by atoms with Crippen LogP contribution in [0.5, 0.6) is 11.5 Å². The maximum Gasteiger partial charge on any atom is 0.195 e. The largest absolute Gasteiger partial charge is 0.493 e. The van der Waals surface area contributed by atoms with Gasteiger partial charge in [0, 0.05) is 23.1 Å². The number of hydrogen-bond donors (Lipinski definition) is 1. The number of pyridine rings is 2. The third-order valence-corrected chi connectivity index (χ3v) is 4.39. The van der Waals surface area contributed by atoms with Crippen molar-refractivity contribution >= 4 is 16.7 Å². The predicted octanol–water partition coefficient (Wildman–Crippen LogP) is 3.87. The van der Waals surface area contributed by atoms with Gasteiger partial charge in [0.25, 0.3) is 0 Å². The minimum absolute atomic E-state index is 0.130. The van der Waals surface area contributed by atoms with Gasteiger partial charge < -0.3 is 9.47 Å². The summed E-state index contributed by atoms with van der Waals surface area (Å²) in [6.07, 6.45) is 1.67. The third-order valence-electron chi connectivity index (χ3n) is 4.39. The van der Waals surface area contributed by atoms with Gasteiger partial charge in [0.1, 0.15) is 12.4 Å². The molecule has 0 saturated carbocycles. The van der Waals surface area contributed by atoms with Crippen LogP contribution in [0.25, 0.3) is 22.2 Å². The van der Waals surface area contributed by atoms with Crippen molar-refractivity contribution in [3.8, 4) is 22.8 Å². The molecule has 0 saturated heterocycles. The van der Waals surface area contributed by atoms with E-state index in [9.17, 15) is 9.60 Å². The Morgan fingerprint density at radius 2 is 2.19 bits per heavy atom. The Morgan fingerprint density at radius 1 is 1.30 bits per heavy atom. The molecule has 140 valence electrons. The van der Waals surface area contributed by atoms with E-state index in [1.165, 1.54) is 0 Å². The first-order valence-corrected chi connectivity index (χ1v) is 8.83. The Labute approximate surface area is 156 Å². The maximum absolute atomic E-state index is 12.6. The molecule has 1 aliphatic rings. The maximum atomic E-state index is 12.6. The normalized spacial score (nSPS) is 14.6. The second kappa shape index (κ2) is 7.36. The Balaban J connectivity index is 1.60. The van der Waals surface area contributed by atoms with Crippen molar-refractivity contribution in [2.75, 3.05) is 31.5 Å². The third kappa shape index (κ3) is 3.64. The minimum atomic E-state index is -0.398. The van der Waals surface area contributed by atoms with Crippen molar-refractivity contribution < 1.29 is 19.1 Å². The molecule has 1 aliphatic heterocycles. The number of alkyl halides is 1. The smallest absolute Gasteiger partial charge is 0.195 e. The topological polar surface area (TPSA) is 67.7 Å². The van der Waals surface area contributed by atoms with Crippen LogP contribution in [-0.2, 0) is 0 Å². The Hall–Kier alpha value is -2.93. The summed E-state index contributed by atoms with van der Waals surface area (Å²) in [5, 5.41) is 11.8. The Morgan fingerprint density at radius 3 is 3.04 bits per heavy atom. The molecule has 0 fully saturated rings. The van der Waals surface area contributed by atoms with Crippen molar-refractivity contribution in [3.63, 3.8) is 0 Å². The number of anilines is 1. The van der Waals surface area contributed by atoms with Crippen molar-refractivity contribution in [3.05, 3.63) is 42.6 Å². The molecule has 1 aromatic carbocycles. The van der Waals surface area contributed by atoms with Gasteiger partial charge in [-0.15, -0.1) is 0 Å². The second-order valence-corrected chi connectivity index (χ2v) is 6.64. The fourth-order valence-electron chi connectivity index (χ4n) is 2.86. The Kier molecular flexibility index (Phi) is 4.77. The van der Waals surface area contributed by atoms with E-state index in [0.29, 0.717) is 37.1 Å². The molecule has 6 nitrogen and oxygen atoms in total. The lowest BCUT2D eigenvalue weighted by atomic mass is 10.1. The average Bonchev–Trinajstić information content (AvgIpc) is 2.71. The van der Waals surface area contributed by atoms with E-state index in [2.05, 4.69) is 9.97 Å². The van der Waals surface area contributed by atoms with Gasteiger partial charge in [-0.1, -0.05) is 13.0 Å². The van der Waals surface area contributed by atoms with Crippen LogP contribution >= 0.6 is 0 Å². The van der Waals surface area contributed by atoms with Crippen LogP contribution in [-0.4, -0.2) is 41.6 Å². The van der Waals surface area contributed by atoms with E-state index in [1.807, 2.05) is 36.4 Å². The van der Waals surface area contributed by atoms with Crippen LogP contribution in [0.2, 0.25) is 0 Å². The predicted molar refractivity (Wildman–Crippen MR) is 100 cm³/mol. The fourth-order valence-corrected chi connectivity index (χ4v) is 2.86. The van der Waals surface area contributed by atoms with Crippen molar-refractivity contribution in [2.24, 2.45) is 5.92 Å². The van der Waals surface area contributed by atoms with Crippen LogP contribution in [0.15, 0.2) is 42.6 Å². The molecule has 0 bridgehead atoms. The molecule has 1 N–H and O–H groups in total. The highest BCUT2D eigenvalue weighted by Crippen LogP contribution is 2.32. The summed E-state index contributed by atoms with van der Waals surface area (Å²) in [6, 6.07) is 11.3. The van der Waals surface area contributed by atoms with E-state index in [4.69, 9.17) is 9.47 Å². The van der Waals surface area contributed by atoms with Gasteiger partial charge in [-0.2, -0.15) is 0 Å². The molecule has 1 atom stereocenters. The first-order chi connectivity index (χ1) is 13.1. The molecule has 0 aliphatic carbocycles. The number of halogens is 1. The van der Waals surface area contributed by atoms with Crippen LogP contribution in [0.1, 0.15) is 6.92 Å². The van der Waals surface area contributed by atoms with Crippen LogP contribution in [0.4, 0.5) is 10.2 Å². The lowest BCUT2D eigenvalue weighted by molar-refractivity contribution is 0.192. The molecule has 3 aromatic rings. The molecule has 0 amide bonds. The molecule has 2 aromatic heterocycles. The zero-order valence-electron chi connectivity index (χ0n) is 14.9. The second-order valence-electron chi connectivity index (χ2n) is 6.64. The summed E-state index contributed by atoms with van der Waals surface area (Å²) >= 11 is 0. The molecule has 27 heavy (non-hydrogen) atoms. The number of rotatable bonds is 5. The van der Waals surface area contributed by atoms with Crippen LogP contribution in [0.3, 0.4) is 0 Å². The molecular formula is C20H20FN3O3. The van der Waals surface area contributed by atoms with Crippen molar-refractivity contribution in [2.45, 2.75) is 6.92 Å². The van der Waals surface area contributed by atoms with Crippen LogP contribution in [0, 0.1) is 5.92 Å². The lowest BCUT2D eigenvalue weighted by Crippen LogP contribution is -2.30. The zero-order chi connectivity index (χ0) is 18.8. The van der Waals surface area contributed by atoms with E-state index >= 15 is 0 Å². The summed E-state index contributed by atoms with van der Waals surface area (Å²) in [5.74, 6) is 1.52. The highest BCUT2D eigenvalue weighted by Gasteiger charge is 2.19. The highest BCUT2D eigenvalue weighted by molar-refractivity contribution is 5.83. The molecular weight excluding hydrogens is 349 g/mol. The summed E-state index contributed by atoms with van der Waals surface area (Å²) in [7, 11) is 0. The monoisotopic (exact) mass is 369 g/mol. The van der Waals surface area contributed by atoms with Gasteiger partial charge in [-0.25, -0.2) is 15.0 Å². The standard InChI is InChI=1S/C20H20FN3O3/c1-13(10-21)12-27-16-3-5-17-14(8-16)2-4-18(23-17)15-9-19-20(22-11-15)24(25)6-7-26-19/h2-5,8-9,11,13,25H,6-7,10,12H2,1H3. The number of fused-ring (bicyclic) bond motifs is 2. The first-order valence-electron chi connectivity index (χ1n) is 8.83. The molecule has 3 heterocycles. The van der Waals surface area contributed by atoms with E-state index in [1.54, 1.807) is 13.1 Å². The summed E-state index contributed by atoms with van der Waals surface area (Å²) < 4.78 is 23.8. The number of hydroxylamine groups is 1. The van der Waals surface area contributed by atoms with Crippen LogP contribution < -0.4 is 14.5 Å². The quantitative estimate of drug-likeness (QED) is 0.736. The molecule has 0 spiro atoms. The SMILES string of the molecule is CC(CF)COc1ccc2nc(-c3cnc4c(c3)OCCN4O)ccc2c1. The van der Waals surface area contributed by atoms with Gasteiger partial charge in [-0.3, -0.25) is 9.60 Å². The van der Waals surface area contributed by atoms with Crippen molar-refractivity contribution in [1.82, 2.24) is 9.97 Å². The minimum Gasteiger partial charge on any atom is -0.493 e. The number of hydrogen-bond acceptors (Lipinski definition) is 6. The van der Waals surface area contributed by atoms with Gasteiger partial charge >= 0.3 is 0 Å². The van der Waals surface area contributed by atoms with Gasteiger partial charge in [0.15, 0.2) is 11.6 Å². The van der Waals surface area contributed by atoms with Crippen molar-refractivity contribution in [1.29, 1.82) is 0 Å². The van der Waals surface area contributed by atoms with Gasteiger partial charge in [0.2, 0.25) is 0 Å². The number of aromatic nitrogens is 2. The lowest BCUT2D eigenvalue weighted by Gasteiger charge is -2.24. The molecule has 0 radical (unpaired) electrons. The number of benzene rings is 1. The van der Waals surface area contributed by atoms with E-state index in [-0.39, 0.29) is 5.92 Å².